The lowest BCUT2D eigenvalue weighted by Gasteiger charge is -2.28. The Morgan fingerprint density at radius 1 is 1.04 bits per heavy atom. The van der Waals surface area contributed by atoms with Crippen LogP contribution in [0.3, 0.4) is 0 Å². The van der Waals surface area contributed by atoms with Gasteiger partial charge >= 0.3 is 11.9 Å². The molecule has 0 bridgehead atoms. The lowest BCUT2D eigenvalue weighted by atomic mass is 9.90. The van der Waals surface area contributed by atoms with Gasteiger partial charge in [0, 0.05) is 25.4 Å². The highest BCUT2D eigenvalue weighted by Crippen LogP contribution is 2.32. The number of carboxylic acid groups (broad SMARTS) is 2. The smallest absolute Gasteiger partial charge is 0.325 e. The average molecular weight is 354 g/mol. The van der Waals surface area contributed by atoms with Crippen molar-refractivity contribution in [3.8, 4) is 0 Å². The van der Waals surface area contributed by atoms with Crippen molar-refractivity contribution >= 4 is 11.9 Å². The largest absolute Gasteiger partial charge is 0.480 e. The second kappa shape index (κ2) is 7.27. The molecule has 6 heteroatoms. The maximum atomic E-state index is 11.7. The Kier molecular flexibility index (Phi) is 5.06. The molecule has 0 amide bonds. The van der Waals surface area contributed by atoms with E-state index in [1.807, 2.05) is 60.7 Å². The molecule has 0 saturated carbocycles. The highest BCUT2D eigenvalue weighted by atomic mass is 16.4. The molecule has 136 valence electrons. The van der Waals surface area contributed by atoms with Crippen molar-refractivity contribution in [2.75, 3.05) is 13.1 Å². The SMILES string of the molecule is NC1(C(=O)O)CC(C(=O)O)N(CC(c2ccccc2)c2ccccc2)C1. The number of carbonyl (C=O) groups is 2. The lowest BCUT2D eigenvalue weighted by molar-refractivity contribution is -0.142. The van der Waals surface area contributed by atoms with Gasteiger partial charge in [-0.05, 0) is 11.1 Å². The molecule has 3 rings (SSSR count). The van der Waals surface area contributed by atoms with Crippen molar-refractivity contribution in [2.24, 2.45) is 5.73 Å². The zero-order valence-electron chi connectivity index (χ0n) is 14.3. The predicted octanol–water partition coefficient (Wildman–Crippen LogP) is 1.76. The summed E-state index contributed by atoms with van der Waals surface area (Å²) in [4.78, 5) is 24.9. The van der Waals surface area contributed by atoms with Crippen molar-refractivity contribution in [1.29, 1.82) is 0 Å². The second-order valence-corrected chi connectivity index (χ2v) is 6.82. The van der Waals surface area contributed by atoms with E-state index in [0.717, 1.165) is 11.1 Å². The van der Waals surface area contributed by atoms with Gasteiger partial charge in [-0.3, -0.25) is 14.5 Å². The molecule has 1 aliphatic heterocycles. The van der Waals surface area contributed by atoms with Crippen molar-refractivity contribution in [2.45, 2.75) is 23.9 Å². The first-order valence-electron chi connectivity index (χ1n) is 8.50. The summed E-state index contributed by atoms with van der Waals surface area (Å²) in [7, 11) is 0. The summed E-state index contributed by atoms with van der Waals surface area (Å²) in [6.45, 7) is 0.396. The monoisotopic (exact) mass is 354 g/mol. The van der Waals surface area contributed by atoms with Gasteiger partial charge in [0.05, 0.1) is 0 Å². The van der Waals surface area contributed by atoms with Crippen LogP contribution in [-0.4, -0.2) is 51.7 Å². The van der Waals surface area contributed by atoms with Crippen LogP contribution in [0, 0.1) is 0 Å². The van der Waals surface area contributed by atoms with E-state index in [-0.39, 0.29) is 18.9 Å². The van der Waals surface area contributed by atoms with Crippen LogP contribution < -0.4 is 5.73 Å². The van der Waals surface area contributed by atoms with Crippen LogP contribution in [0.1, 0.15) is 23.5 Å². The molecule has 1 saturated heterocycles. The van der Waals surface area contributed by atoms with Gasteiger partial charge in [0.1, 0.15) is 11.6 Å². The molecule has 1 aliphatic rings. The molecule has 2 aromatic rings. The molecule has 0 aromatic heterocycles. The molecule has 2 unspecified atom stereocenters. The van der Waals surface area contributed by atoms with E-state index in [9.17, 15) is 19.8 Å². The fourth-order valence-electron chi connectivity index (χ4n) is 3.61. The van der Waals surface area contributed by atoms with Crippen molar-refractivity contribution in [3.05, 3.63) is 71.8 Å². The number of hydrogen-bond acceptors (Lipinski definition) is 4. The van der Waals surface area contributed by atoms with Crippen molar-refractivity contribution in [3.63, 3.8) is 0 Å². The number of nitrogens with two attached hydrogens (primary N) is 1. The third-order valence-corrected chi connectivity index (χ3v) is 5.02. The first kappa shape index (κ1) is 18.1. The minimum Gasteiger partial charge on any atom is -0.480 e. The lowest BCUT2D eigenvalue weighted by Crippen LogP contribution is -2.50. The van der Waals surface area contributed by atoms with Gasteiger partial charge in [-0.15, -0.1) is 0 Å². The van der Waals surface area contributed by atoms with E-state index >= 15 is 0 Å². The van der Waals surface area contributed by atoms with Gasteiger partial charge in [-0.2, -0.15) is 0 Å². The number of hydrogen-bond donors (Lipinski definition) is 3. The topological polar surface area (TPSA) is 104 Å². The Hall–Kier alpha value is -2.70. The summed E-state index contributed by atoms with van der Waals surface area (Å²) in [5.41, 5.74) is 6.53. The van der Waals surface area contributed by atoms with Gasteiger partial charge in [0.25, 0.3) is 0 Å². The highest BCUT2D eigenvalue weighted by Gasteiger charge is 2.49. The predicted molar refractivity (Wildman–Crippen MR) is 96.9 cm³/mol. The molecule has 2 atom stereocenters. The van der Waals surface area contributed by atoms with Gasteiger partial charge in [0.2, 0.25) is 0 Å². The van der Waals surface area contributed by atoms with Crippen LogP contribution >= 0.6 is 0 Å². The minimum absolute atomic E-state index is 0.00939. The molecule has 1 fully saturated rings. The zero-order valence-corrected chi connectivity index (χ0v) is 14.3. The number of carboxylic acids is 2. The molecular formula is C20H22N2O4. The fraction of sp³-hybridized carbons (Fsp3) is 0.300. The van der Waals surface area contributed by atoms with Crippen LogP contribution in [0.15, 0.2) is 60.7 Å². The Bertz CT molecular complexity index is 741. The fourth-order valence-corrected chi connectivity index (χ4v) is 3.61. The van der Waals surface area contributed by atoms with E-state index in [4.69, 9.17) is 5.73 Å². The van der Waals surface area contributed by atoms with Crippen LogP contribution in [0.25, 0.3) is 0 Å². The number of aliphatic carboxylic acids is 2. The molecular weight excluding hydrogens is 332 g/mol. The summed E-state index contributed by atoms with van der Waals surface area (Å²) >= 11 is 0. The third kappa shape index (κ3) is 3.61. The second-order valence-electron chi connectivity index (χ2n) is 6.82. The number of likely N-dealkylation sites (tertiary alicyclic amines) is 1. The Morgan fingerprint density at radius 3 is 1.96 bits per heavy atom. The Morgan fingerprint density at radius 2 is 1.54 bits per heavy atom. The van der Waals surface area contributed by atoms with Gasteiger partial charge < -0.3 is 15.9 Å². The number of rotatable bonds is 6. The van der Waals surface area contributed by atoms with Gasteiger partial charge in [-0.1, -0.05) is 60.7 Å². The summed E-state index contributed by atoms with van der Waals surface area (Å²) in [5.74, 6) is -2.28. The van der Waals surface area contributed by atoms with Crippen LogP contribution in [0.4, 0.5) is 0 Å². The van der Waals surface area contributed by atoms with Crippen LogP contribution in [0.2, 0.25) is 0 Å². The van der Waals surface area contributed by atoms with Gasteiger partial charge in [0.15, 0.2) is 0 Å². The van der Waals surface area contributed by atoms with E-state index < -0.39 is 23.5 Å². The summed E-state index contributed by atoms with van der Waals surface area (Å²) < 4.78 is 0. The maximum Gasteiger partial charge on any atom is 0.325 e. The molecule has 26 heavy (non-hydrogen) atoms. The molecule has 2 aromatic carbocycles. The molecule has 1 heterocycles. The molecule has 0 spiro atoms. The van der Waals surface area contributed by atoms with Crippen LogP contribution in [-0.2, 0) is 9.59 Å². The summed E-state index contributed by atoms with van der Waals surface area (Å²) in [6, 6.07) is 18.7. The first-order chi connectivity index (χ1) is 12.4. The first-order valence-corrected chi connectivity index (χ1v) is 8.50. The molecule has 0 aliphatic carbocycles. The van der Waals surface area contributed by atoms with Crippen LogP contribution in [0.5, 0.6) is 0 Å². The minimum atomic E-state index is -1.54. The standard InChI is InChI=1S/C20H22N2O4/c21-20(19(25)26)11-17(18(23)24)22(13-20)12-16(14-7-3-1-4-8-14)15-9-5-2-6-10-15/h1-10,16-17H,11-13,21H2,(H,23,24)(H,25,26). The van der Waals surface area contributed by atoms with E-state index in [1.165, 1.54) is 0 Å². The summed E-state index contributed by atoms with van der Waals surface area (Å²) in [6.07, 6.45) is -0.103. The quantitative estimate of drug-likeness (QED) is 0.730. The van der Waals surface area contributed by atoms with E-state index in [0.29, 0.717) is 6.54 Å². The normalized spacial score (nSPS) is 23.2. The molecule has 4 N–H and O–H groups in total. The molecule has 6 nitrogen and oxygen atoms in total. The number of nitrogens with zero attached hydrogens (tertiary/aromatic N) is 1. The number of benzene rings is 2. The summed E-state index contributed by atoms with van der Waals surface area (Å²) in [5, 5.41) is 19.0. The van der Waals surface area contributed by atoms with E-state index in [2.05, 4.69) is 0 Å². The average Bonchev–Trinajstić information content (AvgIpc) is 2.99. The van der Waals surface area contributed by atoms with Gasteiger partial charge in [-0.25, -0.2) is 0 Å². The Balaban J connectivity index is 1.93. The van der Waals surface area contributed by atoms with Crippen molar-refractivity contribution in [1.82, 2.24) is 4.90 Å². The third-order valence-electron chi connectivity index (χ3n) is 5.02. The van der Waals surface area contributed by atoms with E-state index in [1.54, 1.807) is 4.90 Å². The molecule has 0 radical (unpaired) electrons. The Labute approximate surface area is 151 Å². The maximum absolute atomic E-state index is 11.7. The zero-order chi connectivity index (χ0) is 18.7. The van der Waals surface area contributed by atoms with Crippen molar-refractivity contribution < 1.29 is 19.8 Å². The highest BCUT2D eigenvalue weighted by molar-refractivity contribution is 5.83.